The molecule has 18 heavy (non-hydrogen) atoms. The molecule has 0 unspecified atom stereocenters. The van der Waals surface area contributed by atoms with E-state index in [1.165, 1.54) is 11.1 Å². The number of hydrogen-bond acceptors (Lipinski definition) is 4. The van der Waals surface area contributed by atoms with Gasteiger partial charge >= 0.3 is 5.97 Å². The molecule has 1 amide bonds. The lowest BCUT2D eigenvalue weighted by molar-refractivity contribution is -0.154. The molecule has 2 heterocycles. The van der Waals surface area contributed by atoms with Crippen molar-refractivity contribution >= 4 is 11.9 Å². The summed E-state index contributed by atoms with van der Waals surface area (Å²) in [5.74, 6) is -1.26. The molecule has 6 heteroatoms. The summed E-state index contributed by atoms with van der Waals surface area (Å²) in [7, 11) is 0. The zero-order chi connectivity index (χ0) is 13.1. The van der Waals surface area contributed by atoms with E-state index in [2.05, 4.69) is 4.98 Å². The van der Waals surface area contributed by atoms with Gasteiger partial charge in [0.2, 0.25) is 0 Å². The molecule has 1 N–H and O–H groups in total. The molecule has 0 saturated carbocycles. The van der Waals surface area contributed by atoms with Crippen LogP contribution < -0.4 is 0 Å². The van der Waals surface area contributed by atoms with E-state index in [0.717, 1.165) is 5.69 Å². The first kappa shape index (κ1) is 12.5. The van der Waals surface area contributed by atoms with Gasteiger partial charge < -0.3 is 14.7 Å². The monoisotopic (exact) mass is 250 g/mol. The number of carboxylic acid groups (broad SMARTS) is 1. The number of rotatable bonds is 2. The molecule has 1 aromatic heterocycles. The molecule has 1 fully saturated rings. The molecule has 1 aromatic rings. The van der Waals surface area contributed by atoms with Crippen LogP contribution in [0.1, 0.15) is 16.1 Å². The highest BCUT2D eigenvalue weighted by Crippen LogP contribution is 2.10. The SMILES string of the molecule is Cc1ccc(C(=O)N2CCO[C@H](C(=O)O)C2)cn1. The Labute approximate surface area is 104 Å². The standard InChI is InChI=1S/C12H14N2O4/c1-8-2-3-9(6-13-8)11(15)14-4-5-18-10(7-14)12(16)17/h2-3,6,10H,4-5,7H2,1H3,(H,16,17)/t10-/m0/s1. The Hall–Kier alpha value is -1.95. The smallest absolute Gasteiger partial charge is 0.334 e. The summed E-state index contributed by atoms with van der Waals surface area (Å²) in [5.41, 5.74) is 1.29. The zero-order valence-electron chi connectivity index (χ0n) is 10.00. The third kappa shape index (κ3) is 2.65. The van der Waals surface area contributed by atoms with E-state index >= 15 is 0 Å². The molecular weight excluding hydrogens is 236 g/mol. The van der Waals surface area contributed by atoms with Crippen LogP contribution in [0, 0.1) is 6.92 Å². The van der Waals surface area contributed by atoms with Gasteiger partial charge in [0.25, 0.3) is 5.91 Å². The average molecular weight is 250 g/mol. The van der Waals surface area contributed by atoms with Gasteiger partial charge in [-0.15, -0.1) is 0 Å². The Kier molecular flexibility index (Phi) is 3.57. The maximum atomic E-state index is 12.1. The predicted molar refractivity (Wildman–Crippen MR) is 62.3 cm³/mol. The highest BCUT2D eigenvalue weighted by atomic mass is 16.5. The summed E-state index contributed by atoms with van der Waals surface area (Å²) in [5, 5.41) is 8.87. The molecule has 0 radical (unpaired) electrons. The van der Waals surface area contributed by atoms with Crippen molar-refractivity contribution in [3.63, 3.8) is 0 Å². The number of carboxylic acids is 1. The van der Waals surface area contributed by atoms with Crippen LogP contribution in [0.25, 0.3) is 0 Å². The highest BCUT2D eigenvalue weighted by Gasteiger charge is 2.29. The van der Waals surface area contributed by atoms with Crippen LogP contribution in [0.15, 0.2) is 18.3 Å². The second kappa shape index (κ2) is 5.14. The fraction of sp³-hybridized carbons (Fsp3) is 0.417. The quantitative estimate of drug-likeness (QED) is 0.817. The first-order valence-electron chi connectivity index (χ1n) is 5.64. The van der Waals surface area contributed by atoms with Crippen LogP contribution in [0.3, 0.4) is 0 Å². The largest absolute Gasteiger partial charge is 0.479 e. The fourth-order valence-corrected chi connectivity index (χ4v) is 1.76. The van der Waals surface area contributed by atoms with E-state index in [1.54, 1.807) is 12.1 Å². The van der Waals surface area contributed by atoms with Gasteiger partial charge in [-0.05, 0) is 19.1 Å². The van der Waals surface area contributed by atoms with E-state index in [4.69, 9.17) is 9.84 Å². The minimum absolute atomic E-state index is 0.0715. The number of pyridine rings is 1. The molecule has 1 aliphatic heterocycles. The van der Waals surface area contributed by atoms with Crippen molar-refractivity contribution in [1.82, 2.24) is 9.88 Å². The van der Waals surface area contributed by atoms with Gasteiger partial charge in [-0.1, -0.05) is 0 Å². The number of ether oxygens (including phenoxy) is 1. The van der Waals surface area contributed by atoms with E-state index in [-0.39, 0.29) is 19.1 Å². The summed E-state index contributed by atoms with van der Waals surface area (Å²) in [6.45, 7) is 2.55. The Morgan fingerprint density at radius 3 is 2.89 bits per heavy atom. The van der Waals surface area contributed by atoms with Crippen LogP contribution >= 0.6 is 0 Å². The second-order valence-electron chi connectivity index (χ2n) is 4.14. The van der Waals surface area contributed by atoms with Gasteiger partial charge in [0.1, 0.15) is 0 Å². The van der Waals surface area contributed by atoms with E-state index in [1.807, 2.05) is 6.92 Å². The lowest BCUT2D eigenvalue weighted by Gasteiger charge is -2.30. The Balaban J connectivity index is 2.09. The van der Waals surface area contributed by atoms with Gasteiger partial charge in [0.15, 0.2) is 6.10 Å². The maximum Gasteiger partial charge on any atom is 0.334 e. The molecule has 1 atom stereocenters. The Morgan fingerprint density at radius 2 is 2.28 bits per heavy atom. The molecule has 0 spiro atoms. The molecule has 1 saturated heterocycles. The van der Waals surface area contributed by atoms with Gasteiger partial charge in [-0.3, -0.25) is 9.78 Å². The molecule has 96 valence electrons. The van der Waals surface area contributed by atoms with Crippen LogP contribution in [0.4, 0.5) is 0 Å². The van der Waals surface area contributed by atoms with Crippen LogP contribution in [-0.4, -0.2) is 52.7 Å². The number of amides is 1. The molecule has 0 aromatic carbocycles. The van der Waals surface area contributed by atoms with Crippen molar-refractivity contribution in [2.45, 2.75) is 13.0 Å². The molecule has 6 nitrogen and oxygen atoms in total. The van der Waals surface area contributed by atoms with Crippen molar-refractivity contribution in [3.8, 4) is 0 Å². The third-order valence-electron chi connectivity index (χ3n) is 2.79. The summed E-state index contributed by atoms with van der Waals surface area (Å²) in [4.78, 5) is 28.5. The predicted octanol–water partition coefficient (Wildman–Crippen LogP) is 0.316. The topological polar surface area (TPSA) is 79.7 Å². The summed E-state index contributed by atoms with van der Waals surface area (Å²) < 4.78 is 5.07. The normalized spacial score (nSPS) is 19.6. The number of morpholine rings is 1. The number of aromatic nitrogens is 1. The zero-order valence-corrected chi connectivity index (χ0v) is 10.00. The molecule has 1 aliphatic rings. The average Bonchev–Trinajstić information content (AvgIpc) is 2.39. The Bertz CT molecular complexity index is 458. The number of hydrogen-bond donors (Lipinski definition) is 1. The molecule has 0 aliphatic carbocycles. The van der Waals surface area contributed by atoms with Crippen molar-refractivity contribution in [3.05, 3.63) is 29.6 Å². The van der Waals surface area contributed by atoms with E-state index < -0.39 is 12.1 Å². The third-order valence-corrected chi connectivity index (χ3v) is 2.79. The van der Waals surface area contributed by atoms with Crippen molar-refractivity contribution in [2.24, 2.45) is 0 Å². The van der Waals surface area contributed by atoms with Crippen LogP contribution in [0.5, 0.6) is 0 Å². The summed E-state index contributed by atoms with van der Waals surface area (Å²) in [6.07, 6.45) is 0.559. The minimum Gasteiger partial charge on any atom is -0.479 e. The fourth-order valence-electron chi connectivity index (χ4n) is 1.76. The van der Waals surface area contributed by atoms with Gasteiger partial charge in [-0.2, -0.15) is 0 Å². The number of nitrogens with zero attached hydrogens (tertiary/aromatic N) is 2. The van der Waals surface area contributed by atoms with Gasteiger partial charge in [0.05, 0.1) is 18.7 Å². The van der Waals surface area contributed by atoms with E-state index in [0.29, 0.717) is 12.1 Å². The van der Waals surface area contributed by atoms with Crippen LogP contribution in [0.2, 0.25) is 0 Å². The molecule has 0 bridgehead atoms. The molecular formula is C12H14N2O4. The number of carbonyl (C=O) groups excluding carboxylic acids is 1. The first-order valence-corrected chi connectivity index (χ1v) is 5.64. The number of aryl methyl sites for hydroxylation is 1. The minimum atomic E-state index is -1.05. The first-order chi connectivity index (χ1) is 8.58. The summed E-state index contributed by atoms with van der Waals surface area (Å²) >= 11 is 0. The van der Waals surface area contributed by atoms with Crippen molar-refractivity contribution < 1.29 is 19.4 Å². The highest BCUT2D eigenvalue weighted by molar-refractivity contribution is 5.94. The van der Waals surface area contributed by atoms with Crippen molar-refractivity contribution in [1.29, 1.82) is 0 Å². The lowest BCUT2D eigenvalue weighted by Crippen LogP contribution is -2.48. The Morgan fingerprint density at radius 1 is 1.50 bits per heavy atom. The maximum absolute atomic E-state index is 12.1. The summed E-state index contributed by atoms with van der Waals surface area (Å²) in [6, 6.07) is 3.44. The second-order valence-corrected chi connectivity index (χ2v) is 4.14. The van der Waals surface area contributed by atoms with Crippen LogP contribution in [-0.2, 0) is 9.53 Å². The lowest BCUT2D eigenvalue weighted by atomic mass is 10.2. The van der Waals surface area contributed by atoms with Gasteiger partial charge in [0, 0.05) is 18.4 Å². The number of aliphatic carboxylic acids is 1. The number of carbonyl (C=O) groups is 2. The van der Waals surface area contributed by atoms with E-state index in [9.17, 15) is 9.59 Å². The van der Waals surface area contributed by atoms with Crippen molar-refractivity contribution in [2.75, 3.05) is 19.7 Å². The molecule has 2 rings (SSSR count). The van der Waals surface area contributed by atoms with Gasteiger partial charge in [-0.25, -0.2) is 4.79 Å².